The molecule has 1 N–H and O–H groups in total. The Bertz CT molecular complexity index is 901. The number of benzene rings is 2. The van der Waals surface area contributed by atoms with E-state index in [0.29, 0.717) is 10.2 Å². The van der Waals surface area contributed by atoms with E-state index in [2.05, 4.69) is 42.4 Å². The van der Waals surface area contributed by atoms with Gasteiger partial charge in [0.25, 0.3) is 5.91 Å². The summed E-state index contributed by atoms with van der Waals surface area (Å²) in [7, 11) is -3.62. The first-order valence-corrected chi connectivity index (χ1v) is 10.5. The monoisotopic (exact) mass is 487 g/mol. The van der Waals surface area contributed by atoms with Gasteiger partial charge in [0.1, 0.15) is 6.54 Å². The minimum atomic E-state index is -3.62. The highest BCUT2D eigenvalue weighted by molar-refractivity contribution is 9.10. The molecule has 0 radical (unpaired) electrons. The lowest BCUT2D eigenvalue weighted by atomic mass is 10.2. The molecule has 2 rings (SSSR count). The fourth-order valence-electron chi connectivity index (χ4n) is 1.96. The maximum atomic E-state index is 12.1. The predicted molar refractivity (Wildman–Crippen MR) is 106 cm³/mol. The number of halogens is 2. The summed E-state index contributed by atoms with van der Waals surface area (Å²) in [5, 5.41) is 3.85. The van der Waals surface area contributed by atoms with Crippen LogP contribution < -0.4 is 9.73 Å². The lowest BCUT2D eigenvalue weighted by Crippen LogP contribution is -2.39. The summed E-state index contributed by atoms with van der Waals surface area (Å²) >= 11 is 6.63. The normalized spacial score (nSPS) is 11.5. The Kier molecular flexibility index (Phi) is 6.74. The van der Waals surface area contributed by atoms with Crippen LogP contribution in [-0.2, 0) is 14.8 Å². The van der Waals surface area contributed by atoms with Crippen LogP contribution in [0.2, 0.25) is 0 Å². The summed E-state index contributed by atoms with van der Waals surface area (Å²) in [6, 6.07) is 14.1. The van der Waals surface area contributed by atoms with E-state index < -0.39 is 15.9 Å². The molecule has 0 unspecified atom stereocenters. The highest BCUT2D eigenvalue weighted by Crippen LogP contribution is 2.21. The maximum Gasteiger partial charge on any atom is 0.260 e. The zero-order valence-corrected chi connectivity index (χ0v) is 17.2. The summed E-state index contributed by atoms with van der Waals surface area (Å²) < 4.78 is 26.6. The molecule has 0 aromatic heterocycles. The average molecular weight is 489 g/mol. The molecule has 0 aliphatic rings. The van der Waals surface area contributed by atoms with Gasteiger partial charge in [0, 0.05) is 8.95 Å². The summed E-state index contributed by atoms with van der Waals surface area (Å²) in [6.07, 6.45) is 2.53. The quantitative estimate of drug-likeness (QED) is 0.501. The van der Waals surface area contributed by atoms with E-state index in [0.717, 1.165) is 20.6 Å². The summed E-state index contributed by atoms with van der Waals surface area (Å²) in [5.74, 6) is -0.545. The van der Waals surface area contributed by atoms with E-state index >= 15 is 0 Å². The number of amides is 1. The van der Waals surface area contributed by atoms with Gasteiger partial charge in [0.2, 0.25) is 10.0 Å². The van der Waals surface area contributed by atoms with Crippen LogP contribution in [0.3, 0.4) is 0 Å². The van der Waals surface area contributed by atoms with Gasteiger partial charge >= 0.3 is 0 Å². The van der Waals surface area contributed by atoms with Gasteiger partial charge in [-0.25, -0.2) is 13.8 Å². The molecular formula is C16H15Br2N3O3S. The van der Waals surface area contributed by atoms with Crippen molar-refractivity contribution in [1.29, 1.82) is 0 Å². The van der Waals surface area contributed by atoms with E-state index in [9.17, 15) is 13.2 Å². The van der Waals surface area contributed by atoms with Crippen molar-refractivity contribution < 1.29 is 13.2 Å². The fourth-order valence-corrected chi connectivity index (χ4v) is 3.62. The number of carbonyl (C=O) groups is 1. The first kappa shape index (κ1) is 19.6. The van der Waals surface area contributed by atoms with Gasteiger partial charge in [-0.2, -0.15) is 5.10 Å². The van der Waals surface area contributed by atoms with Crippen LogP contribution in [0.25, 0.3) is 0 Å². The van der Waals surface area contributed by atoms with Gasteiger partial charge < -0.3 is 0 Å². The molecule has 132 valence electrons. The van der Waals surface area contributed by atoms with Gasteiger partial charge in [-0.1, -0.05) is 50.1 Å². The largest absolute Gasteiger partial charge is 0.271 e. The molecule has 1 amide bonds. The average Bonchev–Trinajstić information content (AvgIpc) is 2.51. The predicted octanol–water partition coefficient (Wildman–Crippen LogP) is 3.13. The van der Waals surface area contributed by atoms with Crippen LogP contribution >= 0.6 is 31.9 Å². The van der Waals surface area contributed by atoms with Crippen LogP contribution in [0.5, 0.6) is 0 Å². The third kappa shape index (κ3) is 6.26. The summed E-state index contributed by atoms with van der Waals surface area (Å²) in [4.78, 5) is 12.1. The summed E-state index contributed by atoms with van der Waals surface area (Å²) in [5.41, 5.74) is 3.52. The van der Waals surface area contributed by atoms with Crippen LogP contribution in [0.4, 0.5) is 5.69 Å². The smallest absolute Gasteiger partial charge is 0.260 e. The van der Waals surface area contributed by atoms with Crippen molar-refractivity contribution in [2.24, 2.45) is 5.10 Å². The maximum absolute atomic E-state index is 12.1. The molecule has 6 nitrogen and oxygen atoms in total. The van der Waals surface area contributed by atoms with Gasteiger partial charge in [0.15, 0.2) is 0 Å². The molecule has 0 atom stereocenters. The Morgan fingerprint density at radius 3 is 2.40 bits per heavy atom. The first-order valence-electron chi connectivity index (χ1n) is 7.06. The molecule has 0 spiro atoms. The number of rotatable bonds is 6. The van der Waals surface area contributed by atoms with Crippen molar-refractivity contribution in [1.82, 2.24) is 5.43 Å². The first-order chi connectivity index (χ1) is 11.8. The molecule has 0 aliphatic heterocycles. The molecule has 0 fully saturated rings. The number of nitrogens with zero attached hydrogens (tertiary/aromatic N) is 2. The van der Waals surface area contributed by atoms with Crippen LogP contribution in [-0.4, -0.2) is 33.3 Å². The molecule has 0 bridgehead atoms. The third-order valence-corrected chi connectivity index (χ3v) is 5.16. The van der Waals surface area contributed by atoms with Crippen molar-refractivity contribution in [3.63, 3.8) is 0 Å². The van der Waals surface area contributed by atoms with Gasteiger partial charge in [-0.05, 0) is 35.9 Å². The molecule has 0 aliphatic carbocycles. The second-order valence-corrected chi connectivity index (χ2v) is 8.84. The van der Waals surface area contributed by atoms with Crippen LogP contribution in [0.1, 0.15) is 5.56 Å². The van der Waals surface area contributed by atoms with Crippen molar-refractivity contribution in [3.05, 3.63) is 63.0 Å². The number of anilines is 1. The number of sulfonamides is 1. The SMILES string of the molecule is CS(=O)(=O)N(CC(=O)N/N=C\c1cccc(Br)c1)c1cccc(Br)c1. The van der Waals surface area contributed by atoms with Crippen molar-refractivity contribution in [2.75, 3.05) is 17.1 Å². The van der Waals surface area contributed by atoms with Gasteiger partial charge in [-0.15, -0.1) is 0 Å². The Morgan fingerprint density at radius 1 is 1.16 bits per heavy atom. The Labute approximate surface area is 163 Å². The highest BCUT2D eigenvalue weighted by atomic mass is 79.9. The second kappa shape index (κ2) is 8.59. The van der Waals surface area contributed by atoms with Crippen molar-refractivity contribution >= 4 is 59.7 Å². The molecule has 2 aromatic carbocycles. The Hall–Kier alpha value is -1.71. The number of hydrogen-bond donors (Lipinski definition) is 1. The number of hydrazone groups is 1. The molecular weight excluding hydrogens is 474 g/mol. The molecule has 2 aromatic rings. The van der Waals surface area contributed by atoms with Crippen LogP contribution in [0.15, 0.2) is 62.6 Å². The summed E-state index contributed by atoms with van der Waals surface area (Å²) in [6.45, 7) is -0.370. The fraction of sp³-hybridized carbons (Fsp3) is 0.125. The van der Waals surface area contributed by atoms with Gasteiger partial charge in [-0.3, -0.25) is 9.10 Å². The van der Waals surface area contributed by atoms with E-state index in [1.165, 1.54) is 6.21 Å². The van der Waals surface area contributed by atoms with Gasteiger partial charge in [0.05, 0.1) is 18.2 Å². The number of hydrogen-bond acceptors (Lipinski definition) is 4. The zero-order valence-electron chi connectivity index (χ0n) is 13.2. The van der Waals surface area contributed by atoms with Crippen molar-refractivity contribution in [2.45, 2.75) is 0 Å². The number of nitrogens with one attached hydrogen (secondary N) is 1. The minimum absolute atomic E-state index is 0.370. The standard InChI is InChI=1S/C16H15Br2N3O3S/c1-25(23,24)21(15-7-3-6-14(18)9-15)11-16(22)20-19-10-12-4-2-5-13(17)8-12/h2-10H,11H2,1H3,(H,20,22)/b19-10-. The number of carbonyl (C=O) groups excluding carboxylic acids is 1. The van der Waals surface area contributed by atoms with E-state index in [4.69, 9.17) is 0 Å². The molecule has 25 heavy (non-hydrogen) atoms. The highest BCUT2D eigenvalue weighted by Gasteiger charge is 2.20. The topological polar surface area (TPSA) is 78.8 Å². The lowest BCUT2D eigenvalue weighted by Gasteiger charge is -2.21. The van der Waals surface area contributed by atoms with Crippen LogP contribution in [0, 0.1) is 0 Å². The Morgan fingerprint density at radius 2 is 1.80 bits per heavy atom. The van der Waals surface area contributed by atoms with E-state index in [1.54, 1.807) is 24.3 Å². The molecule has 0 heterocycles. The minimum Gasteiger partial charge on any atom is -0.271 e. The van der Waals surface area contributed by atoms with E-state index in [-0.39, 0.29) is 6.54 Å². The molecule has 0 saturated heterocycles. The van der Waals surface area contributed by atoms with Crippen molar-refractivity contribution in [3.8, 4) is 0 Å². The second-order valence-electron chi connectivity index (χ2n) is 5.10. The van der Waals surface area contributed by atoms with E-state index in [1.807, 2.05) is 24.3 Å². The molecule has 9 heteroatoms. The lowest BCUT2D eigenvalue weighted by molar-refractivity contribution is -0.119. The zero-order chi connectivity index (χ0) is 18.4. The third-order valence-electron chi connectivity index (χ3n) is 3.04. The Balaban J connectivity index is 2.07. The molecule has 0 saturated carbocycles.